The molecule has 2 aromatic heterocycles. The number of fused-ring (bicyclic) bond motifs is 3. The smallest absolute Gasteiger partial charge is 0.113 e. The Labute approximate surface area is 138 Å². The average molecular weight is 310 g/mol. The first kappa shape index (κ1) is 13.2. The third kappa shape index (κ3) is 1.77. The van der Waals surface area contributed by atoms with Gasteiger partial charge in [0.05, 0.1) is 22.2 Å². The molecule has 0 radical (unpaired) electrons. The van der Waals surface area contributed by atoms with Crippen LogP contribution in [0.2, 0.25) is 0 Å². The van der Waals surface area contributed by atoms with Crippen LogP contribution in [0, 0.1) is 6.92 Å². The first-order valence-electron chi connectivity index (χ1n) is 7.92. The summed E-state index contributed by atoms with van der Waals surface area (Å²) < 4.78 is 1.94. The fourth-order valence-electron chi connectivity index (χ4n) is 3.34. The van der Waals surface area contributed by atoms with Crippen molar-refractivity contribution in [1.82, 2.24) is 20.0 Å². The van der Waals surface area contributed by atoms with E-state index in [0.29, 0.717) is 0 Å². The van der Waals surface area contributed by atoms with Crippen LogP contribution in [0.4, 0.5) is 0 Å². The zero-order valence-corrected chi connectivity index (χ0v) is 13.1. The van der Waals surface area contributed by atoms with E-state index in [1.54, 1.807) is 0 Å². The standard InChI is InChI=1S/C20H14N4/c1-13-7-6-11-17-19(13)20(14-8-2-3-9-15(14)21-17)24-18-12-5-4-10-16(18)22-23-24/h2-12H,1H3. The second-order valence-corrected chi connectivity index (χ2v) is 5.94. The molecule has 0 amide bonds. The summed E-state index contributed by atoms with van der Waals surface area (Å²) in [4.78, 5) is 4.83. The lowest BCUT2D eigenvalue weighted by molar-refractivity contribution is 0.832. The summed E-state index contributed by atoms with van der Waals surface area (Å²) in [5, 5.41) is 11.0. The summed E-state index contributed by atoms with van der Waals surface area (Å²) in [6, 6.07) is 22.4. The highest BCUT2D eigenvalue weighted by atomic mass is 15.4. The van der Waals surface area contributed by atoms with Gasteiger partial charge in [-0.05, 0) is 36.8 Å². The van der Waals surface area contributed by atoms with Gasteiger partial charge in [-0.1, -0.05) is 47.7 Å². The number of pyridine rings is 1. The number of hydrogen-bond donors (Lipinski definition) is 0. The minimum Gasteiger partial charge on any atom is -0.248 e. The topological polar surface area (TPSA) is 43.6 Å². The van der Waals surface area contributed by atoms with E-state index in [1.165, 1.54) is 5.56 Å². The predicted molar refractivity (Wildman–Crippen MR) is 96.4 cm³/mol. The van der Waals surface area contributed by atoms with Crippen molar-refractivity contribution in [2.45, 2.75) is 6.92 Å². The van der Waals surface area contributed by atoms with Crippen LogP contribution in [-0.2, 0) is 0 Å². The first-order chi connectivity index (χ1) is 11.8. The SMILES string of the molecule is Cc1cccc2nc3ccccc3c(-n3nnc4ccccc43)c12. The lowest BCUT2D eigenvalue weighted by Crippen LogP contribution is -2.01. The van der Waals surface area contributed by atoms with Crippen LogP contribution in [0.3, 0.4) is 0 Å². The molecule has 0 atom stereocenters. The van der Waals surface area contributed by atoms with E-state index < -0.39 is 0 Å². The molecule has 5 rings (SSSR count). The molecule has 0 fully saturated rings. The molecule has 0 bridgehead atoms. The molecule has 0 N–H and O–H groups in total. The molecule has 24 heavy (non-hydrogen) atoms. The van der Waals surface area contributed by atoms with Crippen LogP contribution in [-0.4, -0.2) is 20.0 Å². The van der Waals surface area contributed by atoms with E-state index in [9.17, 15) is 0 Å². The Balaban J connectivity index is 2.05. The lowest BCUT2D eigenvalue weighted by Gasteiger charge is -2.13. The van der Waals surface area contributed by atoms with Gasteiger partial charge in [0.1, 0.15) is 5.52 Å². The van der Waals surface area contributed by atoms with Gasteiger partial charge in [0.2, 0.25) is 0 Å². The molecule has 3 aromatic carbocycles. The minimum absolute atomic E-state index is 0.889. The predicted octanol–water partition coefficient (Wildman–Crippen LogP) is 4.43. The Kier molecular flexibility index (Phi) is 2.67. The van der Waals surface area contributed by atoms with Gasteiger partial charge in [-0.15, -0.1) is 5.10 Å². The average Bonchev–Trinajstić information content (AvgIpc) is 3.04. The van der Waals surface area contributed by atoms with E-state index >= 15 is 0 Å². The van der Waals surface area contributed by atoms with Crippen LogP contribution in [0.25, 0.3) is 38.5 Å². The van der Waals surface area contributed by atoms with Gasteiger partial charge >= 0.3 is 0 Å². The van der Waals surface area contributed by atoms with E-state index in [1.807, 2.05) is 47.1 Å². The maximum atomic E-state index is 4.83. The summed E-state index contributed by atoms with van der Waals surface area (Å²) in [7, 11) is 0. The van der Waals surface area contributed by atoms with Gasteiger partial charge in [0.25, 0.3) is 0 Å². The molecule has 4 nitrogen and oxygen atoms in total. The largest absolute Gasteiger partial charge is 0.248 e. The van der Waals surface area contributed by atoms with Crippen molar-refractivity contribution >= 4 is 32.8 Å². The van der Waals surface area contributed by atoms with Crippen molar-refractivity contribution in [2.75, 3.05) is 0 Å². The molecule has 0 unspecified atom stereocenters. The van der Waals surface area contributed by atoms with Gasteiger partial charge in [0, 0.05) is 10.8 Å². The molecule has 0 aliphatic rings. The highest BCUT2D eigenvalue weighted by Crippen LogP contribution is 2.32. The second kappa shape index (κ2) is 4.86. The molecule has 0 saturated carbocycles. The number of hydrogen-bond acceptors (Lipinski definition) is 3. The Morgan fingerprint density at radius 1 is 0.750 bits per heavy atom. The van der Waals surface area contributed by atoms with Crippen molar-refractivity contribution in [3.05, 3.63) is 72.3 Å². The highest BCUT2D eigenvalue weighted by Gasteiger charge is 2.15. The van der Waals surface area contributed by atoms with Crippen molar-refractivity contribution in [3.63, 3.8) is 0 Å². The Hall–Kier alpha value is -3.27. The van der Waals surface area contributed by atoms with Gasteiger partial charge < -0.3 is 0 Å². The maximum absolute atomic E-state index is 4.83. The first-order valence-corrected chi connectivity index (χ1v) is 7.92. The number of aromatic nitrogens is 4. The van der Waals surface area contributed by atoms with Crippen LogP contribution < -0.4 is 0 Å². The van der Waals surface area contributed by atoms with Crippen LogP contribution in [0.1, 0.15) is 5.56 Å². The molecule has 4 heteroatoms. The molecule has 2 heterocycles. The molecule has 114 valence electrons. The van der Waals surface area contributed by atoms with E-state index in [2.05, 4.69) is 41.5 Å². The van der Waals surface area contributed by atoms with Crippen molar-refractivity contribution in [2.24, 2.45) is 0 Å². The molecule has 5 aromatic rings. The lowest BCUT2D eigenvalue weighted by atomic mass is 10.0. The summed E-state index contributed by atoms with van der Waals surface area (Å²) in [5.41, 5.74) is 6.05. The number of aryl methyl sites for hydroxylation is 1. The van der Waals surface area contributed by atoms with Gasteiger partial charge in [-0.2, -0.15) is 0 Å². The fraction of sp³-hybridized carbons (Fsp3) is 0.0500. The van der Waals surface area contributed by atoms with Crippen molar-refractivity contribution < 1.29 is 0 Å². The summed E-state index contributed by atoms with van der Waals surface area (Å²) in [6.07, 6.45) is 0. The van der Waals surface area contributed by atoms with Crippen LogP contribution >= 0.6 is 0 Å². The fourth-order valence-corrected chi connectivity index (χ4v) is 3.34. The normalized spacial score (nSPS) is 11.5. The van der Waals surface area contributed by atoms with E-state index in [-0.39, 0.29) is 0 Å². The van der Waals surface area contributed by atoms with Gasteiger partial charge in [-0.3, -0.25) is 0 Å². The van der Waals surface area contributed by atoms with Gasteiger partial charge in [0.15, 0.2) is 0 Å². The molecular weight excluding hydrogens is 296 g/mol. The van der Waals surface area contributed by atoms with Crippen molar-refractivity contribution in [3.8, 4) is 5.69 Å². The molecule has 0 aliphatic heterocycles. The second-order valence-electron chi connectivity index (χ2n) is 5.94. The van der Waals surface area contributed by atoms with Crippen LogP contribution in [0.15, 0.2) is 66.7 Å². The molecular formula is C20H14N4. The summed E-state index contributed by atoms with van der Waals surface area (Å²) in [6.45, 7) is 2.11. The van der Waals surface area contributed by atoms with E-state index in [4.69, 9.17) is 4.98 Å². The Morgan fingerprint density at radius 2 is 1.50 bits per heavy atom. The zero-order valence-electron chi connectivity index (χ0n) is 13.1. The maximum Gasteiger partial charge on any atom is 0.113 e. The van der Waals surface area contributed by atoms with Gasteiger partial charge in [-0.25, -0.2) is 9.67 Å². The Morgan fingerprint density at radius 3 is 2.42 bits per heavy atom. The minimum atomic E-state index is 0.889. The highest BCUT2D eigenvalue weighted by molar-refractivity contribution is 6.05. The molecule has 0 spiro atoms. The van der Waals surface area contributed by atoms with Crippen LogP contribution in [0.5, 0.6) is 0 Å². The van der Waals surface area contributed by atoms with E-state index in [0.717, 1.165) is 38.5 Å². The molecule has 0 saturated heterocycles. The third-order valence-electron chi connectivity index (χ3n) is 4.45. The van der Waals surface area contributed by atoms with Crippen molar-refractivity contribution in [1.29, 1.82) is 0 Å². The quantitative estimate of drug-likeness (QED) is 0.430. The zero-order chi connectivity index (χ0) is 16.1. The number of benzene rings is 3. The number of para-hydroxylation sites is 2. The number of nitrogens with zero attached hydrogens (tertiary/aromatic N) is 4. The third-order valence-corrected chi connectivity index (χ3v) is 4.45. The Bertz CT molecular complexity index is 1220. The summed E-state index contributed by atoms with van der Waals surface area (Å²) in [5.74, 6) is 0. The summed E-state index contributed by atoms with van der Waals surface area (Å²) >= 11 is 0. The monoisotopic (exact) mass is 310 g/mol. The number of rotatable bonds is 1. The molecule has 0 aliphatic carbocycles.